The summed E-state index contributed by atoms with van der Waals surface area (Å²) in [6.07, 6.45) is 1.52. The van der Waals surface area contributed by atoms with Crippen molar-refractivity contribution in [2.24, 2.45) is 0 Å². The number of thioether (sulfide) groups is 1. The number of halogens is 2. The van der Waals surface area contributed by atoms with Crippen molar-refractivity contribution in [2.45, 2.75) is 30.4 Å². The maximum absolute atomic E-state index is 13.4. The van der Waals surface area contributed by atoms with Crippen LogP contribution in [0.15, 0.2) is 52.2 Å². The van der Waals surface area contributed by atoms with Crippen molar-refractivity contribution in [3.05, 3.63) is 48.4 Å². The molecule has 1 N–H and O–H groups in total. The number of furan rings is 1. The van der Waals surface area contributed by atoms with Gasteiger partial charge < -0.3 is 9.73 Å². The van der Waals surface area contributed by atoms with Gasteiger partial charge in [-0.1, -0.05) is 23.9 Å². The van der Waals surface area contributed by atoms with Crippen LogP contribution in [0.1, 0.15) is 19.2 Å². The lowest BCUT2D eigenvalue weighted by molar-refractivity contribution is -0.120. The van der Waals surface area contributed by atoms with E-state index in [0.29, 0.717) is 16.8 Å². The van der Waals surface area contributed by atoms with Gasteiger partial charge in [-0.15, -0.1) is 0 Å². The third-order valence-corrected chi connectivity index (χ3v) is 4.49. The Kier molecular flexibility index (Phi) is 4.84. The van der Waals surface area contributed by atoms with Gasteiger partial charge in [-0.05, 0) is 31.2 Å². The van der Waals surface area contributed by atoms with Crippen LogP contribution in [0, 0.1) is 0 Å². The van der Waals surface area contributed by atoms with Crippen molar-refractivity contribution in [1.82, 2.24) is 14.9 Å². The van der Waals surface area contributed by atoms with Gasteiger partial charge in [-0.25, -0.2) is 4.98 Å². The van der Waals surface area contributed by atoms with Crippen LogP contribution in [0.2, 0.25) is 0 Å². The van der Waals surface area contributed by atoms with Crippen molar-refractivity contribution in [2.75, 3.05) is 0 Å². The monoisotopic (exact) mass is 351 g/mol. The predicted molar refractivity (Wildman–Crippen MR) is 86.9 cm³/mol. The van der Waals surface area contributed by atoms with E-state index in [1.54, 1.807) is 43.3 Å². The SMILES string of the molecule is C[C@@H](Sc1nc2ccccc2n1C(F)F)C(=O)NCc1ccco1. The number of para-hydroxylation sites is 2. The smallest absolute Gasteiger partial charge is 0.321 e. The Labute approximate surface area is 141 Å². The average molecular weight is 351 g/mol. The molecule has 3 rings (SSSR count). The molecule has 1 amide bonds. The average Bonchev–Trinajstić information content (AvgIpc) is 3.19. The second-order valence-electron chi connectivity index (χ2n) is 5.09. The summed E-state index contributed by atoms with van der Waals surface area (Å²) >= 11 is 0.999. The van der Waals surface area contributed by atoms with E-state index in [9.17, 15) is 13.6 Å². The number of fused-ring (bicyclic) bond motifs is 1. The molecule has 1 aromatic carbocycles. The normalized spacial score (nSPS) is 12.7. The zero-order valence-electron chi connectivity index (χ0n) is 12.8. The summed E-state index contributed by atoms with van der Waals surface area (Å²) in [6.45, 7) is -0.822. The van der Waals surface area contributed by atoms with Crippen molar-refractivity contribution in [3.63, 3.8) is 0 Å². The maximum atomic E-state index is 13.4. The Morgan fingerprint density at radius 3 is 2.83 bits per heavy atom. The molecule has 5 nitrogen and oxygen atoms in total. The van der Waals surface area contributed by atoms with Crippen LogP contribution in [-0.4, -0.2) is 20.7 Å². The zero-order valence-corrected chi connectivity index (χ0v) is 13.6. The summed E-state index contributed by atoms with van der Waals surface area (Å²) in [4.78, 5) is 16.4. The first-order valence-electron chi connectivity index (χ1n) is 7.28. The molecule has 0 aliphatic rings. The third-order valence-electron chi connectivity index (χ3n) is 3.43. The summed E-state index contributed by atoms with van der Waals surface area (Å²) in [5.41, 5.74) is 0.821. The van der Waals surface area contributed by atoms with E-state index >= 15 is 0 Å². The number of hydrogen-bond acceptors (Lipinski definition) is 4. The first-order valence-corrected chi connectivity index (χ1v) is 8.16. The molecule has 2 aromatic heterocycles. The molecule has 8 heteroatoms. The first-order chi connectivity index (χ1) is 11.6. The minimum atomic E-state index is -2.72. The van der Waals surface area contributed by atoms with Crippen LogP contribution >= 0.6 is 11.8 Å². The molecule has 1 atom stereocenters. The number of benzene rings is 1. The van der Waals surface area contributed by atoms with Crippen LogP contribution in [0.25, 0.3) is 11.0 Å². The fraction of sp³-hybridized carbons (Fsp3) is 0.250. The first kappa shape index (κ1) is 16.5. The molecule has 126 valence electrons. The van der Waals surface area contributed by atoms with Gasteiger partial charge >= 0.3 is 6.55 Å². The van der Waals surface area contributed by atoms with E-state index in [1.807, 2.05) is 0 Å². The summed E-state index contributed by atoms with van der Waals surface area (Å²) in [5, 5.41) is 2.25. The fourth-order valence-electron chi connectivity index (χ4n) is 2.24. The number of imidazole rings is 1. The molecule has 0 aliphatic carbocycles. The Morgan fingerprint density at radius 2 is 2.12 bits per heavy atom. The molecule has 0 unspecified atom stereocenters. The van der Waals surface area contributed by atoms with E-state index in [-0.39, 0.29) is 17.6 Å². The van der Waals surface area contributed by atoms with Crippen molar-refractivity contribution in [3.8, 4) is 0 Å². The van der Waals surface area contributed by atoms with Crippen LogP contribution < -0.4 is 5.32 Å². The maximum Gasteiger partial charge on any atom is 0.321 e. The number of rotatable bonds is 6. The van der Waals surface area contributed by atoms with Crippen molar-refractivity contribution < 1.29 is 18.0 Å². The molecule has 0 saturated carbocycles. The molecule has 0 fully saturated rings. The Morgan fingerprint density at radius 1 is 1.33 bits per heavy atom. The standard InChI is InChI=1S/C16H15F2N3O2S/c1-10(14(22)19-9-11-5-4-8-23-11)24-16-20-12-6-2-3-7-13(12)21(16)15(17)18/h2-8,10,15H,9H2,1H3,(H,19,22)/t10-/m1/s1. The van der Waals surface area contributed by atoms with Crippen LogP contribution in [0.3, 0.4) is 0 Å². The lowest BCUT2D eigenvalue weighted by atomic mass is 10.3. The Balaban J connectivity index is 1.73. The Hall–Kier alpha value is -2.35. The summed E-state index contributed by atoms with van der Waals surface area (Å²) in [5.74, 6) is 0.352. The molecule has 2 heterocycles. The predicted octanol–water partition coefficient (Wildman–Crippen LogP) is 3.82. The van der Waals surface area contributed by atoms with E-state index < -0.39 is 11.8 Å². The van der Waals surface area contributed by atoms with Crippen LogP contribution in [0.4, 0.5) is 8.78 Å². The zero-order chi connectivity index (χ0) is 17.1. The molecular weight excluding hydrogens is 336 g/mol. The van der Waals surface area contributed by atoms with Gasteiger partial charge in [0.1, 0.15) is 5.76 Å². The van der Waals surface area contributed by atoms with Gasteiger partial charge in [0.25, 0.3) is 0 Å². The number of nitrogens with zero attached hydrogens (tertiary/aromatic N) is 2. The topological polar surface area (TPSA) is 60.1 Å². The molecule has 0 radical (unpaired) electrons. The largest absolute Gasteiger partial charge is 0.467 e. The highest BCUT2D eigenvalue weighted by atomic mass is 32.2. The van der Waals surface area contributed by atoms with E-state index in [1.165, 1.54) is 6.26 Å². The van der Waals surface area contributed by atoms with Gasteiger partial charge in [0, 0.05) is 0 Å². The number of aromatic nitrogens is 2. The minimum Gasteiger partial charge on any atom is -0.467 e. The summed E-state index contributed by atoms with van der Waals surface area (Å²) in [6, 6.07) is 10.1. The fourth-order valence-corrected chi connectivity index (χ4v) is 3.19. The van der Waals surface area contributed by atoms with Gasteiger partial charge in [0.05, 0.1) is 29.1 Å². The molecular formula is C16H15F2N3O2S. The number of amides is 1. The molecule has 0 spiro atoms. The molecule has 0 aliphatic heterocycles. The van der Waals surface area contributed by atoms with E-state index in [0.717, 1.165) is 16.3 Å². The van der Waals surface area contributed by atoms with Gasteiger partial charge in [0.15, 0.2) is 5.16 Å². The van der Waals surface area contributed by atoms with Crippen LogP contribution in [-0.2, 0) is 11.3 Å². The summed E-state index contributed by atoms with van der Waals surface area (Å²) < 4.78 is 32.7. The van der Waals surface area contributed by atoms with Gasteiger partial charge in [0.2, 0.25) is 5.91 Å². The van der Waals surface area contributed by atoms with E-state index in [2.05, 4.69) is 10.3 Å². The number of carbonyl (C=O) groups excluding carboxylic acids is 1. The highest BCUT2D eigenvalue weighted by Crippen LogP contribution is 2.31. The van der Waals surface area contributed by atoms with Crippen molar-refractivity contribution in [1.29, 1.82) is 0 Å². The molecule has 24 heavy (non-hydrogen) atoms. The second kappa shape index (κ2) is 7.04. The minimum absolute atomic E-state index is 0.117. The lowest BCUT2D eigenvalue weighted by Crippen LogP contribution is -2.30. The second-order valence-corrected chi connectivity index (χ2v) is 6.40. The Bertz CT molecular complexity index is 833. The molecule has 0 saturated heterocycles. The number of hydrogen-bond donors (Lipinski definition) is 1. The lowest BCUT2D eigenvalue weighted by Gasteiger charge is -2.12. The molecule has 3 aromatic rings. The van der Waals surface area contributed by atoms with Gasteiger partial charge in [-0.3, -0.25) is 9.36 Å². The van der Waals surface area contributed by atoms with Crippen LogP contribution in [0.5, 0.6) is 0 Å². The highest BCUT2D eigenvalue weighted by molar-refractivity contribution is 8.00. The third kappa shape index (κ3) is 3.43. The van der Waals surface area contributed by atoms with Gasteiger partial charge in [-0.2, -0.15) is 8.78 Å². The number of alkyl halides is 2. The van der Waals surface area contributed by atoms with E-state index in [4.69, 9.17) is 4.42 Å². The number of carbonyl (C=O) groups is 1. The van der Waals surface area contributed by atoms with Crippen molar-refractivity contribution >= 4 is 28.7 Å². The molecule has 0 bridgehead atoms. The highest BCUT2D eigenvalue weighted by Gasteiger charge is 2.22. The number of nitrogens with one attached hydrogen (secondary N) is 1. The quantitative estimate of drug-likeness (QED) is 0.686. The summed E-state index contributed by atoms with van der Waals surface area (Å²) in [7, 11) is 0.